The Morgan fingerprint density at radius 2 is 1.82 bits per heavy atom. The molecular weight excluding hydrogens is 292 g/mol. The van der Waals surface area contributed by atoms with Gasteiger partial charge in [0.1, 0.15) is 6.17 Å². The van der Waals surface area contributed by atoms with Gasteiger partial charge in [-0.15, -0.1) is 11.3 Å². The minimum Gasteiger partial charge on any atom is -0.364 e. The van der Waals surface area contributed by atoms with Gasteiger partial charge in [-0.3, -0.25) is 4.90 Å². The molecule has 1 saturated heterocycles. The molecule has 5 heteroatoms. The molecule has 2 aromatic rings. The average molecular weight is 314 g/mol. The third kappa shape index (κ3) is 2.49. The first-order chi connectivity index (χ1) is 10.7. The van der Waals surface area contributed by atoms with Gasteiger partial charge in [0.15, 0.2) is 0 Å². The fourth-order valence-electron chi connectivity index (χ4n) is 3.27. The van der Waals surface area contributed by atoms with Crippen molar-refractivity contribution in [3.63, 3.8) is 0 Å². The van der Waals surface area contributed by atoms with E-state index in [0.29, 0.717) is 0 Å². The second-order valence-electron chi connectivity index (χ2n) is 6.20. The SMILES string of the molecule is Cc1cc2c(s1)Nc1ccccc1NC2N1CCN(C)CC1. The lowest BCUT2D eigenvalue weighted by atomic mass is 10.1. The number of hydrogen-bond donors (Lipinski definition) is 2. The Balaban J connectivity index is 1.73. The van der Waals surface area contributed by atoms with Gasteiger partial charge in [-0.05, 0) is 32.2 Å². The molecule has 22 heavy (non-hydrogen) atoms. The number of rotatable bonds is 1. The Morgan fingerprint density at radius 3 is 2.59 bits per heavy atom. The number of piperazine rings is 1. The number of nitrogens with zero attached hydrogens (tertiary/aromatic N) is 2. The second-order valence-corrected chi connectivity index (χ2v) is 7.45. The molecule has 0 spiro atoms. The third-order valence-electron chi connectivity index (χ3n) is 4.55. The Morgan fingerprint density at radius 1 is 1.09 bits per heavy atom. The molecule has 1 atom stereocenters. The molecule has 2 aliphatic rings. The highest BCUT2D eigenvalue weighted by molar-refractivity contribution is 7.16. The molecular formula is C17H22N4S. The van der Waals surface area contributed by atoms with Crippen LogP contribution in [0.1, 0.15) is 16.6 Å². The Hall–Kier alpha value is -1.56. The highest BCUT2D eigenvalue weighted by Gasteiger charge is 2.29. The van der Waals surface area contributed by atoms with Crippen LogP contribution in [-0.4, -0.2) is 43.0 Å². The molecule has 0 radical (unpaired) electrons. The van der Waals surface area contributed by atoms with Gasteiger partial charge in [-0.1, -0.05) is 12.1 Å². The summed E-state index contributed by atoms with van der Waals surface area (Å²) < 4.78 is 0. The van der Waals surface area contributed by atoms with E-state index < -0.39 is 0 Å². The molecule has 3 heterocycles. The zero-order valence-corrected chi connectivity index (χ0v) is 13.9. The van der Waals surface area contributed by atoms with Gasteiger partial charge in [0.05, 0.1) is 16.4 Å². The maximum absolute atomic E-state index is 3.77. The average Bonchev–Trinajstić information content (AvgIpc) is 2.80. The van der Waals surface area contributed by atoms with E-state index in [2.05, 4.69) is 64.7 Å². The van der Waals surface area contributed by atoms with E-state index in [9.17, 15) is 0 Å². The van der Waals surface area contributed by atoms with Crippen molar-refractivity contribution < 1.29 is 0 Å². The Labute approximate surface area is 135 Å². The van der Waals surface area contributed by atoms with E-state index in [1.54, 1.807) is 0 Å². The van der Waals surface area contributed by atoms with E-state index in [0.717, 1.165) is 26.2 Å². The maximum atomic E-state index is 3.77. The fourth-order valence-corrected chi connectivity index (χ4v) is 4.23. The highest BCUT2D eigenvalue weighted by Crippen LogP contribution is 2.42. The lowest BCUT2D eigenvalue weighted by molar-refractivity contribution is 0.123. The molecule has 1 aromatic heterocycles. The molecule has 0 bridgehead atoms. The molecule has 1 unspecified atom stereocenters. The van der Waals surface area contributed by atoms with Crippen LogP contribution in [0.15, 0.2) is 30.3 Å². The predicted molar refractivity (Wildman–Crippen MR) is 94.2 cm³/mol. The van der Waals surface area contributed by atoms with Crippen molar-refractivity contribution in [1.82, 2.24) is 9.80 Å². The summed E-state index contributed by atoms with van der Waals surface area (Å²) in [6, 6.07) is 10.8. The van der Waals surface area contributed by atoms with Gasteiger partial charge in [-0.25, -0.2) is 0 Å². The highest BCUT2D eigenvalue weighted by atomic mass is 32.1. The Bertz CT molecular complexity index is 673. The van der Waals surface area contributed by atoms with Crippen LogP contribution >= 0.6 is 11.3 Å². The first-order valence-corrected chi connectivity index (χ1v) is 8.68. The molecule has 0 saturated carbocycles. The normalized spacial score (nSPS) is 22.2. The van der Waals surface area contributed by atoms with E-state index in [1.165, 1.54) is 26.8 Å². The predicted octanol–water partition coefficient (Wildman–Crippen LogP) is 3.47. The van der Waals surface area contributed by atoms with E-state index in [-0.39, 0.29) is 6.17 Å². The molecule has 2 aliphatic heterocycles. The quantitative estimate of drug-likeness (QED) is 0.844. The summed E-state index contributed by atoms with van der Waals surface area (Å²) in [5, 5.41) is 8.66. The summed E-state index contributed by atoms with van der Waals surface area (Å²) >= 11 is 1.85. The summed E-state index contributed by atoms with van der Waals surface area (Å²) in [6.45, 7) is 6.65. The number of para-hydroxylation sites is 2. The van der Waals surface area contributed by atoms with Crippen molar-refractivity contribution in [2.75, 3.05) is 43.9 Å². The van der Waals surface area contributed by atoms with Crippen molar-refractivity contribution in [2.45, 2.75) is 13.1 Å². The summed E-state index contributed by atoms with van der Waals surface area (Å²) in [6.07, 6.45) is 0.254. The van der Waals surface area contributed by atoms with Crippen LogP contribution < -0.4 is 10.6 Å². The van der Waals surface area contributed by atoms with Crippen molar-refractivity contribution in [3.8, 4) is 0 Å². The number of benzene rings is 1. The number of thiophene rings is 1. The number of nitrogens with one attached hydrogen (secondary N) is 2. The molecule has 0 amide bonds. The summed E-state index contributed by atoms with van der Waals surface area (Å²) in [7, 11) is 2.20. The fraction of sp³-hybridized carbons (Fsp3) is 0.412. The first-order valence-electron chi connectivity index (χ1n) is 7.86. The van der Waals surface area contributed by atoms with Crippen molar-refractivity contribution in [1.29, 1.82) is 0 Å². The van der Waals surface area contributed by atoms with Crippen molar-refractivity contribution in [3.05, 3.63) is 40.8 Å². The van der Waals surface area contributed by atoms with Crippen LogP contribution in [0.5, 0.6) is 0 Å². The summed E-state index contributed by atoms with van der Waals surface area (Å²) in [5.74, 6) is 0. The Kier molecular flexibility index (Phi) is 3.56. The zero-order valence-electron chi connectivity index (χ0n) is 13.1. The standard InChI is InChI=1S/C17H22N4S/c1-12-11-13-16(21-9-7-20(2)8-10-21)18-14-5-3-4-6-15(14)19-17(13)22-12/h3-6,11,16,18-19H,7-10H2,1-2H3. The molecule has 4 rings (SSSR count). The maximum Gasteiger partial charge on any atom is 0.109 e. The molecule has 2 N–H and O–H groups in total. The van der Waals surface area contributed by atoms with Gasteiger partial charge >= 0.3 is 0 Å². The number of hydrogen-bond acceptors (Lipinski definition) is 5. The van der Waals surface area contributed by atoms with Gasteiger partial charge in [0, 0.05) is 36.6 Å². The molecule has 1 aromatic carbocycles. The molecule has 4 nitrogen and oxygen atoms in total. The van der Waals surface area contributed by atoms with Crippen molar-refractivity contribution >= 4 is 27.7 Å². The van der Waals surface area contributed by atoms with Crippen LogP contribution in [0.4, 0.5) is 16.4 Å². The monoisotopic (exact) mass is 314 g/mol. The molecule has 0 aliphatic carbocycles. The van der Waals surface area contributed by atoms with Crippen molar-refractivity contribution in [2.24, 2.45) is 0 Å². The van der Waals surface area contributed by atoms with Crippen LogP contribution in [0.2, 0.25) is 0 Å². The zero-order chi connectivity index (χ0) is 15.1. The molecule has 1 fully saturated rings. The third-order valence-corrected chi connectivity index (χ3v) is 5.53. The van der Waals surface area contributed by atoms with Crippen LogP contribution in [0.25, 0.3) is 0 Å². The topological polar surface area (TPSA) is 30.5 Å². The minimum absolute atomic E-state index is 0.254. The van der Waals surface area contributed by atoms with E-state index >= 15 is 0 Å². The minimum atomic E-state index is 0.254. The summed E-state index contributed by atoms with van der Waals surface area (Å²) in [5.41, 5.74) is 3.73. The van der Waals surface area contributed by atoms with Gasteiger partial charge < -0.3 is 15.5 Å². The lowest BCUT2D eigenvalue weighted by Gasteiger charge is -2.38. The number of anilines is 3. The molecule has 116 valence electrons. The first kappa shape index (κ1) is 14.1. The smallest absolute Gasteiger partial charge is 0.109 e. The van der Waals surface area contributed by atoms with Crippen LogP contribution in [-0.2, 0) is 0 Å². The van der Waals surface area contributed by atoms with E-state index in [4.69, 9.17) is 0 Å². The second kappa shape index (κ2) is 5.57. The van der Waals surface area contributed by atoms with Gasteiger partial charge in [0.2, 0.25) is 0 Å². The van der Waals surface area contributed by atoms with Gasteiger partial charge in [0.25, 0.3) is 0 Å². The van der Waals surface area contributed by atoms with Crippen LogP contribution in [0, 0.1) is 6.92 Å². The summed E-state index contributed by atoms with van der Waals surface area (Å²) in [4.78, 5) is 6.33. The number of likely N-dealkylation sites (N-methyl/N-ethyl adjacent to an activating group) is 1. The lowest BCUT2D eigenvalue weighted by Crippen LogP contribution is -2.47. The van der Waals surface area contributed by atoms with E-state index in [1.807, 2.05) is 11.3 Å². The number of fused-ring (bicyclic) bond motifs is 2. The number of aryl methyl sites for hydroxylation is 1. The van der Waals surface area contributed by atoms with Crippen LogP contribution in [0.3, 0.4) is 0 Å². The van der Waals surface area contributed by atoms with Gasteiger partial charge in [-0.2, -0.15) is 0 Å². The largest absolute Gasteiger partial charge is 0.364 e.